The third-order valence-corrected chi connectivity index (χ3v) is 7.55. The maximum Gasteiger partial charge on any atom is 0.338 e. The van der Waals surface area contributed by atoms with E-state index in [0.29, 0.717) is 12.2 Å². The summed E-state index contributed by atoms with van der Waals surface area (Å²) < 4.78 is 6.05. The maximum absolute atomic E-state index is 13.1. The summed E-state index contributed by atoms with van der Waals surface area (Å²) in [4.78, 5) is 19.2. The number of ether oxygens (including phenoxy) is 1. The van der Waals surface area contributed by atoms with Crippen LogP contribution in [0.15, 0.2) is 78.9 Å². The van der Waals surface area contributed by atoms with Gasteiger partial charge in [-0.1, -0.05) is 80.6 Å². The van der Waals surface area contributed by atoms with E-state index in [-0.39, 0.29) is 29.1 Å². The summed E-state index contributed by atoms with van der Waals surface area (Å²) in [5.74, 6) is 0.0178. The van der Waals surface area contributed by atoms with Crippen LogP contribution in [0.2, 0.25) is 0 Å². The van der Waals surface area contributed by atoms with E-state index < -0.39 is 0 Å². The zero-order chi connectivity index (χ0) is 27.3. The highest BCUT2D eigenvalue weighted by molar-refractivity contribution is 5.90. The van der Waals surface area contributed by atoms with Crippen LogP contribution in [-0.2, 0) is 16.0 Å². The van der Waals surface area contributed by atoms with Crippen molar-refractivity contribution in [2.75, 3.05) is 6.61 Å². The molecule has 1 saturated heterocycles. The van der Waals surface area contributed by atoms with Gasteiger partial charge in [0.2, 0.25) is 0 Å². The number of hydrogen-bond donors (Lipinski definition) is 0. The molecule has 0 radical (unpaired) electrons. The van der Waals surface area contributed by atoms with Gasteiger partial charge < -0.3 is 4.74 Å². The number of esters is 1. The van der Waals surface area contributed by atoms with Crippen molar-refractivity contribution in [3.63, 3.8) is 0 Å². The molecule has 38 heavy (non-hydrogen) atoms. The standard InChI is InChI=1S/C34H43NO3/c1-7-21-37-35-33(3,4)23-30(24-34(35,5)6)38-32(36)28-17-15-27(16-18-28)31-20-19-29(22-25(31)8-2)26-13-11-9-10-12-14-26/h9-20,22,26,30H,7-8,21,23-24H2,1-6H3. The number of aryl methyl sites for hydroxylation is 1. The predicted octanol–water partition coefficient (Wildman–Crippen LogP) is 8.20. The van der Waals surface area contributed by atoms with Crippen LogP contribution < -0.4 is 0 Å². The summed E-state index contributed by atoms with van der Waals surface area (Å²) in [5, 5.41) is 2.11. The summed E-state index contributed by atoms with van der Waals surface area (Å²) in [6.07, 6.45) is 16.0. The van der Waals surface area contributed by atoms with Gasteiger partial charge in [-0.2, -0.15) is 5.06 Å². The molecule has 2 aromatic carbocycles. The Labute approximate surface area is 229 Å². The van der Waals surface area contributed by atoms with E-state index in [1.54, 1.807) is 0 Å². The molecule has 0 atom stereocenters. The summed E-state index contributed by atoms with van der Waals surface area (Å²) in [5.41, 5.74) is 5.05. The molecule has 2 aromatic rings. The summed E-state index contributed by atoms with van der Waals surface area (Å²) in [7, 11) is 0. The van der Waals surface area contributed by atoms with Gasteiger partial charge in [-0.25, -0.2) is 4.79 Å². The molecular formula is C34H43NO3. The van der Waals surface area contributed by atoms with Crippen molar-refractivity contribution in [3.8, 4) is 11.1 Å². The first-order valence-corrected chi connectivity index (χ1v) is 14.0. The molecule has 0 saturated carbocycles. The third kappa shape index (κ3) is 6.36. The van der Waals surface area contributed by atoms with Crippen molar-refractivity contribution in [1.29, 1.82) is 0 Å². The molecule has 1 aliphatic carbocycles. The number of rotatable bonds is 8. The van der Waals surface area contributed by atoms with Crippen LogP contribution >= 0.6 is 0 Å². The van der Waals surface area contributed by atoms with Gasteiger partial charge in [0.15, 0.2) is 0 Å². The van der Waals surface area contributed by atoms with Crippen LogP contribution in [0, 0.1) is 0 Å². The second-order valence-electron chi connectivity index (χ2n) is 11.7. The third-order valence-electron chi connectivity index (χ3n) is 7.55. The fourth-order valence-corrected chi connectivity index (χ4v) is 5.97. The van der Waals surface area contributed by atoms with Gasteiger partial charge in [0.1, 0.15) is 6.10 Å². The number of piperidine rings is 1. The van der Waals surface area contributed by atoms with Crippen molar-refractivity contribution in [2.45, 2.75) is 90.3 Å². The lowest BCUT2D eigenvalue weighted by Gasteiger charge is -2.53. The van der Waals surface area contributed by atoms with Gasteiger partial charge in [0.25, 0.3) is 0 Å². The Kier molecular flexibility index (Phi) is 8.74. The van der Waals surface area contributed by atoms with E-state index >= 15 is 0 Å². The normalized spacial score (nSPS) is 19.4. The molecule has 0 amide bonds. The fourth-order valence-electron chi connectivity index (χ4n) is 5.97. The van der Waals surface area contributed by atoms with Crippen LogP contribution in [0.1, 0.15) is 88.2 Å². The topological polar surface area (TPSA) is 38.8 Å². The molecule has 4 rings (SSSR count). The Hall–Kier alpha value is -2.95. The number of hydrogen-bond acceptors (Lipinski definition) is 4. The number of benzene rings is 2. The van der Waals surface area contributed by atoms with Crippen LogP contribution in [0.3, 0.4) is 0 Å². The highest BCUT2D eigenvalue weighted by Crippen LogP contribution is 2.40. The molecule has 4 nitrogen and oxygen atoms in total. The summed E-state index contributed by atoms with van der Waals surface area (Å²) in [6, 6.07) is 14.6. The Morgan fingerprint density at radius 3 is 2.11 bits per heavy atom. The number of nitrogens with zero attached hydrogens (tertiary/aromatic N) is 1. The molecule has 202 valence electrons. The molecule has 0 N–H and O–H groups in total. The van der Waals surface area contributed by atoms with Crippen LogP contribution in [-0.4, -0.2) is 34.8 Å². The minimum absolute atomic E-state index is 0.157. The maximum atomic E-state index is 13.1. The number of carbonyl (C=O) groups is 1. The van der Waals surface area contributed by atoms with E-state index in [1.165, 1.54) is 16.7 Å². The van der Waals surface area contributed by atoms with E-state index in [0.717, 1.165) is 31.2 Å². The molecule has 0 spiro atoms. The Bertz CT molecular complexity index is 1170. The monoisotopic (exact) mass is 513 g/mol. The van der Waals surface area contributed by atoms with Gasteiger partial charge in [-0.05, 0) is 74.9 Å². The second-order valence-corrected chi connectivity index (χ2v) is 11.7. The van der Waals surface area contributed by atoms with Gasteiger partial charge in [0, 0.05) is 29.8 Å². The molecule has 0 bridgehead atoms. The molecule has 0 unspecified atom stereocenters. The van der Waals surface area contributed by atoms with Gasteiger partial charge in [0.05, 0.1) is 12.2 Å². The number of carbonyl (C=O) groups excluding carboxylic acids is 1. The number of allylic oxidation sites excluding steroid dienone is 6. The quantitative estimate of drug-likeness (QED) is 0.334. The Balaban J connectivity index is 1.46. The lowest BCUT2D eigenvalue weighted by atomic mass is 9.80. The lowest BCUT2D eigenvalue weighted by molar-refractivity contribution is -0.291. The average Bonchev–Trinajstić information content (AvgIpc) is 3.17. The fraction of sp³-hybridized carbons (Fsp3) is 0.441. The largest absolute Gasteiger partial charge is 0.459 e. The van der Waals surface area contributed by atoms with Crippen molar-refractivity contribution >= 4 is 5.97 Å². The Morgan fingerprint density at radius 2 is 1.53 bits per heavy atom. The molecule has 1 fully saturated rings. The van der Waals surface area contributed by atoms with Crippen molar-refractivity contribution < 1.29 is 14.4 Å². The van der Waals surface area contributed by atoms with E-state index in [1.807, 2.05) is 24.3 Å². The number of hydroxylamine groups is 2. The smallest absolute Gasteiger partial charge is 0.338 e. The minimum Gasteiger partial charge on any atom is -0.459 e. The van der Waals surface area contributed by atoms with Crippen molar-refractivity contribution in [3.05, 3.63) is 95.6 Å². The van der Waals surface area contributed by atoms with E-state index in [2.05, 4.69) is 101 Å². The second kappa shape index (κ2) is 11.8. The first-order chi connectivity index (χ1) is 18.1. The van der Waals surface area contributed by atoms with E-state index in [9.17, 15) is 4.79 Å². The molecule has 1 heterocycles. The Morgan fingerprint density at radius 1 is 0.895 bits per heavy atom. The van der Waals surface area contributed by atoms with Crippen LogP contribution in [0.4, 0.5) is 0 Å². The van der Waals surface area contributed by atoms with Gasteiger partial charge in [-0.3, -0.25) is 4.84 Å². The minimum atomic E-state index is -0.261. The summed E-state index contributed by atoms with van der Waals surface area (Å²) in [6.45, 7) is 13.6. The van der Waals surface area contributed by atoms with Crippen LogP contribution in [0.25, 0.3) is 11.1 Å². The van der Waals surface area contributed by atoms with Crippen molar-refractivity contribution in [2.24, 2.45) is 0 Å². The first kappa shape index (κ1) is 28.1. The SMILES string of the molecule is CCCON1C(C)(C)CC(OC(=O)c2ccc(-c3ccc(C4C=CC=CC=C4)cc3CC)cc2)CC1(C)C. The molecule has 4 heteroatoms. The predicted molar refractivity (Wildman–Crippen MR) is 156 cm³/mol. The van der Waals surface area contributed by atoms with Crippen LogP contribution in [0.5, 0.6) is 0 Å². The van der Waals surface area contributed by atoms with Gasteiger partial charge in [-0.15, -0.1) is 0 Å². The highest BCUT2D eigenvalue weighted by Gasteiger charge is 2.47. The first-order valence-electron chi connectivity index (χ1n) is 14.0. The average molecular weight is 514 g/mol. The highest BCUT2D eigenvalue weighted by atomic mass is 16.7. The zero-order valence-electron chi connectivity index (χ0n) is 23.9. The molecule has 2 aliphatic rings. The zero-order valence-corrected chi connectivity index (χ0v) is 23.9. The van der Waals surface area contributed by atoms with Gasteiger partial charge >= 0.3 is 5.97 Å². The molecule has 1 aliphatic heterocycles. The van der Waals surface area contributed by atoms with E-state index in [4.69, 9.17) is 9.57 Å². The van der Waals surface area contributed by atoms with Crippen molar-refractivity contribution in [1.82, 2.24) is 5.06 Å². The lowest BCUT2D eigenvalue weighted by Crippen LogP contribution is -2.62. The molecule has 0 aromatic heterocycles. The molecular weight excluding hydrogens is 470 g/mol. The summed E-state index contributed by atoms with van der Waals surface area (Å²) >= 11 is 0.